The van der Waals surface area contributed by atoms with Gasteiger partial charge in [0.05, 0.1) is 28.3 Å². The Balaban J connectivity index is 2.09. The van der Waals surface area contributed by atoms with E-state index in [1.165, 1.54) is 18.3 Å². The molecular weight excluding hydrogens is 405 g/mol. The molecule has 0 spiro atoms. The standard InChI is InChI=1S/C19H19Cl2N3O2S/c1-19(2,3)18-17(12-24(22-18)14-7-5-4-6-8-14)27(25,26)23-16-10-9-13(20)11-15(16)21/h4-12,23H,1-3H3. The fourth-order valence-corrected chi connectivity index (χ4v) is 4.49. The highest BCUT2D eigenvalue weighted by molar-refractivity contribution is 7.92. The second kappa shape index (κ2) is 7.19. The minimum atomic E-state index is -3.91. The molecule has 1 aromatic heterocycles. The van der Waals surface area contributed by atoms with Gasteiger partial charge in [0, 0.05) is 10.4 Å². The van der Waals surface area contributed by atoms with Crippen LogP contribution < -0.4 is 4.72 Å². The highest BCUT2D eigenvalue weighted by Crippen LogP contribution is 2.32. The van der Waals surface area contributed by atoms with Crippen LogP contribution in [0.15, 0.2) is 59.6 Å². The van der Waals surface area contributed by atoms with Gasteiger partial charge >= 0.3 is 0 Å². The molecule has 0 bridgehead atoms. The van der Waals surface area contributed by atoms with Crippen molar-refractivity contribution in [2.45, 2.75) is 31.1 Å². The number of benzene rings is 2. The molecule has 0 aliphatic heterocycles. The van der Waals surface area contributed by atoms with Crippen LogP contribution in [0.4, 0.5) is 5.69 Å². The van der Waals surface area contributed by atoms with Gasteiger partial charge in [-0.1, -0.05) is 62.2 Å². The Labute approximate surface area is 169 Å². The van der Waals surface area contributed by atoms with Crippen molar-refractivity contribution in [3.63, 3.8) is 0 Å². The molecule has 27 heavy (non-hydrogen) atoms. The lowest BCUT2D eigenvalue weighted by Gasteiger charge is -2.18. The van der Waals surface area contributed by atoms with E-state index in [0.717, 1.165) is 5.69 Å². The monoisotopic (exact) mass is 423 g/mol. The fraction of sp³-hybridized carbons (Fsp3) is 0.211. The van der Waals surface area contributed by atoms with Gasteiger partial charge in [0.1, 0.15) is 4.90 Å². The van der Waals surface area contributed by atoms with Crippen molar-refractivity contribution in [3.8, 4) is 5.69 Å². The molecule has 142 valence electrons. The summed E-state index contributed by atoms with van der Waals surface area (Å²) in [5, 5.41) is 5.19. The first-order valence-electron chi connectivity index (χ1n) is 8.21. The number of hydrogen-bond donors (Lipinski definition) is 1. The van der Waals surface area contributed by atoms with Gasteiger partial charge in [0.15, 0.2) is 0 Å². The van der Waals surface area contributed by atoms with Gasteiger partial charge < -0.3 is 0 Å². The van der Waals surface area contributed by atoms with Crippen LogP contribution in [0.3, 0.4) is 0 Å². The van der Waals surface area contributed by atoms with E-state index in [4.69, 9.17) is 23.2 Å². The number of sulfonamides is 1. The maximum atomic E-state index is 13.1. The molecule has 0 aliphatic carbocycles. The molecule has 0 fully saturated rings. The molecule has 3 aromatic rings. The normalized spacial score (nSPS) is 12.2. The average Bonchev–Trinajstić information content (AvgIpc) is 3.05. The van der Waals surface area contributed by atoms with Crippen molar-refractivity contribution in [3.05, 3.63) is 70.5 Å². The van der Waals surface area contributed by atoms with Crippen molar-refractivity contribution in [2.24, 2.45) is 0 Å². The van der Waals surface area contributed by atoms with Crippen LogP contribution in [0.2, 0.25) is 10.0 Å². The summed E-state index contributed by atoms with van der Waals surface area (Å²) in [6.45, 7) is 5.75. The quantitative estimate of drug-likeness (QED) is 0.620. The number of anilines is 1. The van der Waals surface area contributed by atoms with Gasteiger partial charge in [-0.25, -0.2) is 13.1 Å². The summed E-state index contributed by atoms with van der Waals surface area (Å²) in [5.41, 5.74) is 1.01. The van der Waals surface area contributed by atoms with Crippen LogP contribution >= 0.6 is 23.2 Å². The molecule has 0 atom stereocenters. The minimum Gasteiger partial charge on any atom is -0.278 e. The molecule has 1 N–H and O–H groups in total. The molecule has 0 unspecified atom stereocenters. The topological polar surface area (TPSA) is 64.0 Å². The Hall–Kier alpha value is -2.02. The molecule has 0 aliphatic rings. The Morgan fingerprint density at radius 1 is 1.04 bits per heavy atom. The third-order valence-electron chi connectivity index (χ3n) is 3.88. The van der Waals surface area contributed by atoms with Crippen molar-refractivity contribution in [1.29, 1.82) is 0 Å². The lowest BCUT2D eigenvalue weighted by atomic mass is 9.92. The van der Waals surface area contributed by atoms with Crippen molar-refractivity contribution >= 4 is 38.9 Å². The minimum absolute atomic E-state index is 0.102. The van der Waals surface area contributed by atoms with Gasteiger partial charge in [-0.2, -0.15) is 5.10 Å². The third kappa shape index (κ3) is 4.29. The summed E-state index contributed by atoms with van der Waals surface area (Å²) in [7, 11) is -3.91. The Bertz CT molecular complexity index is 1070. The van der Waals surface area contributed by atoms with Crippen LogP contribution in [-0.2, 0) is 15.4 Å². The van der Waals surface area contributed by atoms with E-state index in [2.05, 4.69) is 9.82 Å². The summed E-state index contributed by atoms with van der Waals surface area (Å²) < 4.78 is 30.3. The zero-order chi connectivity index (χ0) is 19.8. The molecule has 8 heteroatoms. The van der Waals surface area contributed by atoms with Crippen LogP contribution in [0, 0.1) is 0 Å². The van der Waals surface area contributed by atoms with Crippen LogP contribution in [-0.4, -0.2) is 18.2 Å². The molecule has 0 radical (unpaired) electrons. The van der Waals surface area contributed by atoms with E-state index in [-0.39, 0.29) is 15.6 Å². The number of nitrogens with zero attached hydrogens (tertiary/aromatic N) is 2. The lowest BCUT2D eigenvalue weighted by molar-refractivity contribution is 0.543. The molecule has 5 nitrogen and oxygen atoms in total. The van der Waals surface area contributed by atoms with Crippen molar-refractivity contribution < 1.29 is 8.42 Å². The summed E-state index contributed by atoms with van der Waals surface area (Å²) in [4.78, 5) is 0.102. The second-order valence-corrected chi connectivity index (χ2v) is 9.60. The largest absolute Gasteiger partial charge is 0.278 e. The second-order valence-electron chi connectivity index (χ2n) is 7.10. The van der Waals surface area contributed by atoms with E-state index in [1.54, 1.807) is 10.7 Å². The van der Waals surface area contributed by atoms with Crippen molar-refractivity contribution in [1.82, 2.24) is 9.78 Å². The SMILES string of the molecule is CC(C)(C)c1nn(-c2ccccc2)cc1S(=O)(=O)Nc1ccc(Cl)cc1Cl. The molecule has 0 saturated heterocycles. The molecular formula is C19H19Cl2N3O2S. The number of rotatable bonds is 4. The first-order valence-corrected chi connectivity index (χ1v) is 10.5. The zero-order valence-corrected chi connectivity index (χ0v) is 17.4. The van der Waals surface area contributed by atoms with Gasteiger partial charge in [-0.3, -0.25) is 4.72 Å². The first-order chi connectivity index (χ1) is 12.6. The van der Waals surface area contributed by atoms with E-state index >= 15 is 0 Å². The van der Waals surface area contributed by atoms with Gasteiger partial charge in [0.25, 0.3) is 10.0 Å². The molecule has 0 saturated carbocycles. The number of para-hydroxylation sites is 1. The highest BCUT2D eigenvalue weighted by Gasteiger charge is 2.30. The van der Waals surface area contributed by atoms with Gasteiger partial charge in [-0.05, 0) is 30.3 Å². The fourth-order valence-electron chi connectivity index (χ4n) is 2.56. The number of nitrogens with one attached hydrogen (secondary N) is 1. The van der Waals surface area contributed by atoms with Crippen LogP contribution in [0.25, 0.3) is 5.69 Å². The van der Waals surface area contributed by atoms with E-state index in [9.17, 15) is 8.42 Å². The number of halogens is 2. The van der Waals surface area contributed by atoms with E-state index in [0.29, 0.717) is 10.7 Å². The molecule has 3 rings (SSSR count). The molecule has 1 heterocycles. The molecule has 0 amide bonds. The highest BCUT2D eigenvalue weighted by atomic mass is 35.5. The first kappa shape index (κ1) is 19.7. The number of hydrogen-bond acceptors (Lipinski definition) is 3. The Morgan fingerprint density at radius 2 is 1.70 bits per heavy atom. The Morgan fingerprint density at radius 3 is 2.30 bits per heavy atom. The third-order valence-corrected chi connectivity index (χ3v) is 5.79. The maximum absolute atomic E-state index is 13.1. The summed E-state index contributed by atoms with van der Waals surface area (Å²) >= 11 is 12.0. The Kier molecular flexibility index (Phi) is 5.25. The van der Waals surface area contributed by atoms with Gasteiger partial charge in [0.2, 0.25) is 0 Å². The summed E-state index contributed by atoms with van der Waals surface area (Å²) in [6.07, 6.45) is 1.52. The predicted octanol–water partition coefficient (Wildman–Crippen LogP) is 5.28. The van der Waals surface area contributed by atoms with Crippen molar-refractivity contribution in [2.75, 3.05) is 4.72 Å². The molecule has 2 aromatic carbocycles. The average molecular weight is 424 g/mol. The zero-order valence-electron chi connectivity index (χ0n) is 15.1. The lowest BCUT2D eigenvalue weighted by Crippen LogP contribution is -2.20. The maximum Gasteiger partial charge on any atom is 0.265 e. The summed E-state index contributed by atoms with van der Waals surface area (Å²) in [5.74, 6) is 0. The van der Waals surface area contributed by atoms with E-state index < -0.39 is 15.4 Å². The van der Waals surface area contributed by atoms with E-state index in [1.807, 2.05) is 51.1 Å². The van der Waals surface area contributed by atoms with Gasteiger partial charge in [-0.15, -0.1) is 0 Å². The number of aromatic nitrogens is 2. The predicted molar refractivity (Wildman–Crippen MR) is 110 cm³/mol. The summed E-state index contributed by atoms with van der Waals surface area (Å²) in [6, 6.07) is 13.9. The van der Waals surface area contributed by atoms with Crippen LogP contribution in [0.5, 0.6) is 0 Å². The smallest absolute Gasteiger partial charge is 0.265 e. The van der Waals surface area contributed by atoms with Crippen LogP contribution in [0.1, 0.15) is 26.5 Å².